The third kappa shape index (κ3) is 1.50. The zero-order valence-corrected chi connectivity index (χ0v) is 10.3. The van der Waals surface area contributed by atoms with Crippen molar-refractivity contribution in [1.82, 2.24) is 0 Å². The Bertz CT molecular complexity index is 664. The van der Waals surface area contributed by atoms with Crippen molar-refractivity contribution in [3.63, 3.8) is 0 Å². The Hall–Kier alpha value is -1.94. The fourth-order valence-electron chi connectivity index (χ4n) is 2.13. The highest BCUT2D eigenvalue weighted by atomic mass is 32.1. The van der Waals surface area contributed by atoms with Gasteiger partial charge in [-0.2, -0.15) is 0 Å². The summed E-state index contributed by atoms with van der Waals surface area (Å²) in [4.78, 5) is 0. The molecule has 0 aliphatic carbocycles. The summed E-state index contributed by atoms with van der Waals surface area (Å²) in [6, 6.07) is 18.2. The normalized spacial score (nSPS) is 13.2. The van der Waals surface area contributed by atoms with Crippen LogP contribution in [0.3, 0.4) is 0 Å². The van der Waals surface area contributed by atoms with Gasteiger partial charge in [0.25, 0.3) is 0 Å². The number of rotatable bonds is 1. The maximum absolute atomic E-state index is 5.81. The molecule has 0 spiro atoms. The summed E-state index contributed by atoms with van der Waals surface area (Å²) in [5.41, 5.74) is 0. The minimum atomic E-state index is -0.306. The predicted molar refractivity (Wildman–Crippen MR) is 74.9 cm³/mol. The summed E-state index contributed by atoms with van der Waals surface area (Å²) in [6.07, 6.45) is 0. The van der Waals surface area contributed by atoms with Crippen molar-refractivity contribution in [1.29, 1.82) is 0 Å². The Morgan fingerprint density at radius 2 is 1.50 bits per heavy atom. The van der Waals surface area contributed by atoms with Crippen LogP contribution in [-0.2, 0) is 0 Å². The van der Waals surface area contributed by atoms with Crippen molar-refractivity contribution < 1.29 is 9.31 Å². The van der Waals surface area contributed by atoms with E-state index in [4.69, 9.17) is 9.31 Å². The molecule has 1 aliphatic heterocycles. The van der Waals surface area contributed by atoms with Crippen molar-refractivity contribution in [3.05, 3.63) is 54.6 Å². The lowest BCUT2D eigenvalue weighted by Crippen LogP contribution is -2.36. The zero-order valence-electron chi connectivity index (χ0n) is 9.50. The maximum atomic E-state index is 5.81. The second kappa shape index (κ2) is 3.78. The molecular weight excluding hydrogens is 243 g/mol. The van der Waals surface area contributed by atoms with Crippen LogP contribution in [0, 0.1) is 0 Å². The van der Waals surface area contributed by atoms with Gasteiger partial charge in [-0.15, -0.1) is 11.3 Å². The fourth-order valence-corrected chi connectivity index (χ4v) is 3.16. The number of thiophene rings is 1. The average molecular weight is 252 g/mol. The van der Waals surface area contributed by atoms with Crippen LogP contribution in [0.25, 0.3) is 10.1 Å². The number of para-hydroxylation sites is 2. The Kier molecular flexibility index (Phi) is 2.11. The second-order valence-electron chi connectivity index (χ2n) is 4.20. The quantitative estimate of drug-likeness (QED) is 0.619. The van der Waals surface area contributed by atoms with Crippen LogP contribution in [0.2, 0.25) is 0 Å². The van der Waals surface area contributed by atoms with Gasteiger partial charge in [-0.1, -0.05) is 30.3 Å². The van der Waals surface area contributed by atoms with Gasteiger partial charge < -0.3 is 9.31 Å². The molecule has 0 saturated heterocycles. The van der Waals surface area contributed by atoms with Crippen LogP contribution >= 0.6 is 11.3 Å². The SMILES string of the molecule is c1ccc2c(c1)OB(c1cc3ccccc3s1)O2. The Morgan fingerprint density at radius 1 is 0.833 bits per heavy atom. The highest BCUT2D eigenvalue weighted by molar-refractivity contribution is 7.28. The molecule has 4 rings (SSSR count). The molecule has 18 heavy (non-hydrogen) atoms. The molecule has 3 aromatic rings. The largest absolute Gasteiger partial charge is 0.643 e. The lowest BCUT2D eigenvalue weighted by molar-refractivity contribution is 0.520. The first-order valence-electron chi connectivity index (χ1n) is 5.81. The van der Waals surface area contributed by atoms with E-state index in [1.807, 2.05) is 36.4 Å². The Balaban J connectivity index is 1.73. The highest BCUT2D eigenvalue weighted by Crippen LogP contribution is 2.33. The molecule has 0 radical (unpaired) electrons. The third-order valence-electron chi connectivity index (χ3n) is 2.99. The number of fused-ring (bicyclic) bond motifs is 2. The van der Waals surface area contributed by atoms with Crippen molar-refractivity contribution in [2.75, 3.05) is 0 Å². The fraction of sp³-hybridized carbons (Fsp3) is 0. The van der Waals surface area contributed by atoms with Gasteiger partial charge >= 0.3 is 7.12 Å². The summed E-state index contributed by atoms with van der Waals surface area (Å²) in [6.45, 7) is 0. The first kappa shape index (κ1) is 10.0. The molecule has 1 aromatic heterocycles. The Labute approximate surface area is 109 Å². The topological polar surface area (TPSA) is 18.5 Å². The number of hydrogen-bond acceptors (Lipinski definition) is 3. The van der Waals surface area contributed by atoms with Crippen LogP contribution in [0.15, 0.2) is 54.6 Å². The molecule has 0 saturated carbocycles. The summed E-state index contributed by atoms with van der Waals surface area (Å²) in [5.74, 6) is 1.64. The molecule has 0 fully saturated rings. The molecule has 0 atom stereocenters. The molecule has 2 heterocycles. The van der Waals surface area contributed by atoms with E-state index in [2.05, 4.69) is 18.2 Å². The smallest absolute Gasteiger partial charge is 0.519 e. The van der Waals surface area contributed by atoms with Gasteiger partial charge in [0.05, 0.1) is 4.78 Å². The maximum Gasteiger partial charge on any atom is 0.643 e. The molecule has 2 nitrogen and oxygen atoms in total. The lowest BCUT2D eigenvalue weighted by Gasteiger charge is -2.00. The molecule has 0 unspecified atom stereocenters. The van der Waals surface area contributed by atoms with Gasteiger partial charge in [-0.3, -0.25) is 0 Å². The van der Waals surface area contributed by atoms with Crippen molar-refractivity contribution in [2.24, 2.45) is 0 Å². The first-order chi connectivity index (χ1) is 8.90. The molecule has 0 amide bonds. The monoisotopic (exact) mass is 252 g/mol. The zero-order chi connectivity index (χ0) is 11.9. The summed E-state index contributed by atoms with van der Waals surface area (Å²) in [7, 11) is -0.306. The molecule has 0 N–H and O–H groups in total. The molecule has 2 aromatic carbocycles. The summed E-state index contributed by atoms with van der Waals surface area (Å²) < 4.78 is 14.0. The van der Waals surface area contributed by atoms with Gasteiger partial charge in [0.2, 0.25) is 0 Å². The molecular formula is C14H9BO2S. The van der Waals surface area contributed by atoms with Crippen LogP contribution in [0.1, 0.15) is 0 Å². The summed E-state index contributed by atoms with van der Waals surface area (Å²) in [5, 5.41) is 1.24. The van der Waals surface area contributed by atoms with E-state index in [9.17, 15) is 0 Å². The van der Waals surface area contributed by atoms with Gasteiger partial charge in [-0.25, -0.2) is 0 Å². The van der Waals surface area contributed by atoms with Crippen molar-refractivity contribution in [2.45, 2.75) is 0 Å². The van der Waals surface area contributed by atoms with E-state index in [0.717, 1.165) is 16.3 Å². The second-order valence-corrected chi connectivity index (χ2v) is 5.32. The minimum Gasteiger partial charge on any atom is -0.519 e. The van der Waals surface area contributed by atoms with E-state index >= 15 is 0 Å². The van der Waals surface area contributed by atoms with E-state index in [0.29, 0.717) is 0 Å². The molecule has 86 valence electrons. The van der Waals surface area contributed by atoms with E-state index < -0.39 is 0 Å². The van der Waals surface area contributed by atoms with Crippen molar-refractivity contribution in [3.8, 4) is 11.5 Å². The van der Waals surface area contributed by atoms with Crippen LogP contribution < -0.4 is 14.1 Å². The molecule has 1 aliphatic rings. The van der Waals surface area contributed by atoms with E-state index in [1.165, 1.54) is 10.1 Å². The average Bonchev–Trinajstić information content (AvgIpc) is 3.02. The van der Waals surface area contributed by atoms with E-state index in [1.54, 1.807) is 11.3 Å². The van der Waals surface area contributed by atoms with Gasteiger partial charge in [0.15, 0.2) is 0 Å². The van der Waals surface area contributed by atoms with Gasteiger partial charge in [0.1, 0.15) is 11.5 Å². The summed E-state index contributed by atoms with van der Waals surface area (Å²) >= 11 is 1.72. The lowest BCUT2D eigenvalue weighted by atomic mass is 9.88. The molecule has 0 bridgehead atoms. The molecule has 4 heteroatoms. The minimum absolute atomic E-state index is 0.306. The number of hydrogen-bond donors (Lipinski definition) is 0. The first-order valence-corrected chi connectivity index (χ1v) is 6.63. The third-order valence-corrected chi connectivity index (χ3v) is 4.13. The van der Waals surface area contributed by atoms with Crippen molar-refractivity contribution >= 4 is 33.3 Å². The number of benzene rings is 2. The van der Waals surface area contributed by atoms with Gasteiger partial charge in [-0.05, 0) is 29.7 Å². The van der Waals surface area contributed by atoms with Gasteiger partial charge in [0, 0.05) is 4.70 Å². The van der Waals surface area contributed by atoms with Crippen LogP contribution in [0.5, 0.6) is 11.5 Å². The van der Waals surface area contributed by atoms with E-state index in [-0.39, 0.29) is 7.12 Å². The van der Waals surface area contributed by atoms with Crippen LogP contribution in [0.4, 0.5) is 0 Å². The standard InChI is InChI=1S/C14H9BO2S/c1-4-8-13-10(5-1)9-14(18-13)15-16-11-6-2-3-7-12(11)17-15/h1-9H. The Morgan fingerprint density at radius 3 is 2.22 bits per heavy atom. The predicted octanol–water partition coefficient (Wildman–Crippen LogP) is 3.07. The van der Waals surface area contributed by atoms with Crippen LogP contribution in [-0.4, -0.2) is 7.12 Å². The highest BCUT2D eigenvalue weighted by Gasteiger charge is 2.35.